The number of aliphatic hydroxyl groups excluding tert-OH is 1. The molecule has 2 rings (SSSR count). The number of halogens is 2. The maximum Gasteiger partial charge on any atom is 0.167 e. The molecule has 0 atom stereocenters. The number of hydrogen-bond donors (Lipinski definition) is 3. The number of benzene rings is 2. The Bertz CT molecular complexity index is 700. The van der Waals surface area contributed by atoms with Gasteiger partial charge in [-0.2, -0.15) is 0 Å². The van der Waals surface area contributed by atoms with Gasteiger partial charge < -0.3 is 25.2 Å². The SMILES string of the molecule is COc1ccc(Br)c(CNCCNCCO)c1OCc1ccccc1Cl. The Hall–Kier alpha value is -1.31. The van der Waals surface area contributed by atoms with Gasteiger partial charge in [0, 0.05) is 46.8 Å². The molecule has 0 saturated heterocycles. The fourth-order valence-electron chi connectivity index (χ4n) is 2.43. The van der Waals surface area contributed by atoms with Crippen molar-refractivity contribution in [2.24, 2.45) is 0 Å². The van der Waals surface area contributed by atoms with Gasteiger partial charge in [0.25, 0.3) is 0 Å². The maximum atomic E-state index is 8.77. The highest BCUT2D eigenvalue weighted by molar-refractivity contribution is 9.10. The molecule has 26 heavy (non-hydrogen) atoms. The molecule has 0 unspecified atom stereocenters. The zero-order chi connectivity index (χ0) is 18.8. The summed E-state index contributed by atoms with van der Waals surface area (Å²) in [7, 11) is 1.63. The van der Waals surface area contributed by atoms with E-state index < -0.39 is 0 Å². The third-order valence-electron chi connectivity index (χ3n) is 3.79. The highest BCUT2D eigenvalue weighted by atomic mass is 79.9. The summed E-state index contributed by atoms with van der Waals surface area (Å²) in [6, 6.07) is 11.4. The van der Waals surface area contributed by atoms with Gasteiger partial charge >= 0.3 is 0 Å². The third kappa shape index (κ3) is 6.14. The van der Waals surface area contributed by atoms with E-state index >= 15 is 0 Å². The first-order valence-electron chi connectivity index (χ1n) is 8.41. The van der Waals surface area contributed by atoms with Crippen LogP contribution < -0.4 is 20.1 Å². The molecule has 0 spiro atoms. The molecule has 0 aromatic heterocycles. The molecule has 0 saturated carbocycles. The number of nitrogens with one attached hydrogen (secondary N) is 2. The Labute approximate surface area is 167 Å². The van der Waals surface area contributed by atoms with Gasteiger partial charge in [-0.05, 0) is 18.2 Å². The monoisotopic (exact) mass is 442 g/mol. The van der Waals surface area contributed by atoms with Crippen molar-refractivity contribution in [2.45, 2.75) is 13.2 Å². The van der Waals surface area contributed by atoms with Crippen LogP contribution in [0.1, 0.15) is 11.1 Å². The highest BCUT2D eigenvalue weighted by Gasteiger charge is 2.15. The van der Waals surface area contributed by atoms with Crippen LogP contribution in [-0.4, -0.2) is 38.5 Å². The van der Waals surface area contributed by atoms with Gasteiger partial charge in [-0.15, -0.1) is 0 Å². The smallest absolute Gasteiger partial charge is 0.167 e. The van der Waals surface area contributed by atoms with E-state index in [4.69, 9.17) is 26.2 Å². The molecule has 0 aliphatic heterocycles. The molecule has 142 valence electrons. The molecule has 2 aromatic carbocycles. The van der Waals surface area contributed by atoms with Crippen molar-refractivity contribution in [3.63, 3.8) is 0 Å². The summed E-state index contributed by atoms with van der Waals surface area (Å²) in [5.41, 5.74) is 1.90. The molecule has 0 amide bonds. The normalized spacial score (nSPS) is 10.8. The fourth-order valence-corrected chi connectivity index (χ4v) is 3.07. The van der Waals surface area contributed by atoms with E-state index in [1.807, 2.05) is 36.4 Å². The Balaban J connectivity index is 2.07. The van der Waals surface area contributed by atoms with Gasteiger partial charge in [0.15, 0.2) is 11.5 Å². The van der Waals surface area contributed by atoms with E-state index in [-0.39, 0.29) is 6.61 Å². The predicted molar refractivity (Wildman–Crippen MR) is 108 cm³/mol. The number of ether oxygens (including phenoxy) is 2. The van der Waals surface area contributed by atoms with E-state index in [0.717, 1.165) is 28.7 Å². The van der Waals surface area contributed by atoms with Crippen molar-refractivity contribution in [1.29, 1.82) is 0 Å². The van der Waals surface area contributed by atoms with E-state index in [2.05, 4.69) is 26.6 Å². The van der Waals surface area contributed by atoms with Crippen LogP contribution in [-0.2, 0) is 13.2 Å². The number of aliphatic hydroxyl groups is 1. The van der Waals surface area contributed by atoms with Crippen molar-refractivity contribution in [3.05, 3.63) is 57.0 Å². The van der Waals surface area contributed by atoms with Crippen LogP contribution in [0.4, 0.5) is 0 Å². The minimum absolute atomic E-state index is 0.140. The summed E-state index contributed by atoms with van der Waals surface area (Å²) in [4.78, 5) is 0. The lowest BCUT2D eigenvalue weighted by molar-refractivity contribution is 0.280. The summed E-state index contributed by atoms with van der Waals surface area (Å²) in [5, 5.41) is 15.9. The van der Waals surface area contributed by atoms with Gasteiger partial charge in [0.1, 0.15) is 6.61 Å². The number of rotatable bonds is 11. The Kier molecular flexibility index (Phi) is 9.22. The first-order chi connectivity index (χ1) is 12.7. The average Bonchev–Trinajstić information content (AvgIpc) is 2.65. The molecule has 0 fully saturated rings. The quantitative estimate of drug-likeness (QED) is 0.465. The summed E-state index contributed by atoms with van der Waals surface area (Å²) in [5.74, 6) is 1.37. The van der Waals surface area contributed by atoms with Crippen molar-refractivity contribution in [2.75, 3.05) is 33.4 Å². The second-order valence-corrected chi connectivity index (χ2v) is 6.85. The predicted octanol–water partition coefficient (Wildman–Crippen LogP) is 3.36. The molecule has 2 aromatic rings. The zero-order valence-electron chi connectivity index (χ0n) is 14.7. The summed E-state index contributed by atoms with van der Waals surface area (Å²) < 4.78 is 12.5. The van der Waals surface area contributed by atoms with E-state index in [1.54, 1.807) is 7.11 Å². The summed E-state index contributed by atoms with van der Waals surface area (Å²) >= 11 is 9.82. The lowest BCUT2D eigenvalue weighted by Crippen LogP contribution is -2.29. The van der Waals surface area contributed by atoms with Crippen LogP contribution in [0, 0.1) is 0 Å². The van der Waals surface area contributed by atoms with Gasteiger partial charge in [0.2, 0.25) is 0 Å². The van der Waals surface area contributed by atoms with E-state index in [1.165, 1.54) is 0 Å². The second-order valence-electron chi connectivity index (χ2n) is 5.59. The minimum Gasteiger partial charge on any atom is -0.493 e. The average molecular weight is 444 g/mol. The van der Waals surface area contributed by atoms with Gasteiger partial charge in [0.05, 0.1) is 13.7 Å². The van der Waals surface area contributed by atoms with E-state index in [9.17, 15) is 0 Å². The third-order valence-corrected chi connectivity index (χ3v) is 4.90. The van der Waals surface area contributed by atoms with Crippen LogP contribution in [0.3, 0.4) is 0 Å². The zero-order valence-corrected chi connectivity index (χ0v) is 17.1. The Morgan fingerprint density at radius 3 is 2.58 bits per heavy atom. The second kappa shape index (κ2) is 11.4. The summed E-state index contributed by atoms with van der Waals surface area (Å²) in [6.07, 6.45) is 0. The molecule has 5 nitrogen and oxygen atoms in total. The lowest BCUT2D eigenvalue weighted by Gasteiger charge is -2.17. The fraction of sp³-hybridized carbons (Fsp3) is 0.368. The first-order valence-corrected chi connectivity index (χ1v) is 9.58. The van der Waals surface area contributed by atoms with Crippen LogP contribution >= 0.6 is 27.5 Å². The van der Waals surface area contributed by atoms with Gasteiger partial charge in [-0.1, -0.05) is 45.7 Å². The van der Waals surface area contributed by atoms with Crippen molar-refractivity contribution in [1.82, 2.24) is 10.6 Å². The molecule has 7 heteroatoms. The van der Waals surface area contributed by atoms with Crippen LogP contribution in [0.2, 0.25) is 5.02 Å². The maximum absolute atomic E-state index is 8.77. The standard InChI is InChI=1S/C19H24BrClN2O3/c1-25-18-7-6-16(20)15(12-23-9-8-22-10-11-24)19(18)26-13-14-4-2-3-5-17(14)21/h2-7,22-24H,8-13H2,1H3. The molecule has 0 aliphatic rings. The van der Waals surface area contributed by atoms with Crippen LogP contribution in [0.15, 0.2) is 40.9 Å². The Morgan fingerprint density at radius 2 is 1.85 bits per heavy atom. The highest BCUT2D eigenvalue weighted by Crippen LogP contribution is 2.37. The molecule has 0 aliphatic carbocycles. The van der Waals surface area contributed by atoms with Gasteiger partial charge in [-0.3, -0.25) is 0 Å². The van der Waals surface area contributed by atoms with Crippen molar-refractivity contribution >= 4 is 27.5 Å². The van der Waals surface area contributed by atoms with Crippen LogP contribution in [0.25, 0.3) is 0 Å². The van der Waals surface area contributed by atoms with Crippen LogP contribution in [0.5, 0.6) is 11.5 Å². The first kappa shape index (κ1) is 21.0. The molecular formula is C19H24BrClN2O3. The van der Waals surface area contributed by atoms with Crippen molar-refractivity contribution in [3.8, 4) is 11.5 Å². The number of methoxy groups -OCH3 is 1. The molecule has 3 N–H and O–H groups in total. The Morgan fingerprint density at radius 1 is 1.08 bits per heavy atom. The largest absolute Gasteiger partial charge is 0.493 e. The molecule has 0 radical (unpaired) electrons. The van der Waals surface area contributed by atoms with E-state index in [0.29, 0.717) is 36.2 Å². The minimum atomic E-state index is 0.140. The van der Waals surface area contributed by atoms with Crippen molar-refractivity contribution < 1.29 is 14.6 Å². The number of hydrogen-bond acceptors (Lipinski definition) is 5. The van der Waals surface area contributed by atoms with Gasteiger partial charge in [-0.25, -0.2) is 0 Å². The topological polar surface area (TPSA) is 62.8 Å². The lowest BCUT2D eigenvalue weighted by atomic mass is 10.1. The molecule has 0 bridgehead atoms. The molecule has 0 heterocycles. The molecular weight excluding hydrogens is 420 g/mol. The summed E-state index contributed by atoms with van der Waals surface area (Å²) in [6.45, 7) is 3.26.